The van der Waals surface area contributed by atoms with E-state index in [1.807, 2.05) is 19.1 Å². The Kier molecular flexibility index (Phi) is 2.45. The van der Waals surface area contributed by atoms with E-state index in [4.69, 9.17) is 0 Å². The van der Waals surface area contributed by atoms with Gasteiger partial charge in [0.05, 0.1) is 21.3 Å². The summed E-state index contributed by atoms with van der Waals surface area (Å²) in [4.78, 5) is 4.46. The van der Waals surface area contributed by atoms with Crippen LogP contribution in [-0.4, -0.2) is 10.1 Å². The number of thiazole rings is 1. The Bertz CT molecular complexity index is 516. The van der Waals surface area contributed by atoms with Crippen molar-refractivity contribution in [1.82, 2.24) is 4.98 Å². The van der Waals surface area contributed by atoms with Gasteiger partial charge >= 0.3 is 0 Å². The molecule has 84 valence electrons. The lowest BCUT2D eigenvalue weighted by molar-refractivity contribution is 0.160. The van der Waals surface area contributed by atoms with Crippen LogP contribution >= 0.6 is 11.3 Å². The van der Waals surface area contributed by atoms with Crippen LogP contribution in [0.3, 0.4) is 0 Å². The molecule has 1 fully saturated rings. The minimum Gasteiger partial charge on any atom is -0.388 e. The maximum absolute atomic E-state index is 10.1. The molecule has 1 aromatic carbocycles. The van der Waals surface area contributed by atoms with Gasteiger partial charge in [0.2, 0.25) is 0 Å². The molecule has 16 heavy (non-hydrogen) atoms. The molecular formula is C13H15NOS. The topological polar surface area (TPSA) is 33.1 Å². The molecule has 1 N–H and O–H groups in total. The smallest absolute Gasteiger partial charge is 0.0907 e. The number of benzene rings is 1. The molecule has 0 radical (unpaired) electrons. The van der Waals surface area contributed by atoms with Crippen LogP contribution in [0, 0.1) is 12.8 Å². The van der Waals surface area contributed by atoms with Crippen LogP contribution in [0.2, 0.25) is 0 Å². The van der Waals surface area contributed by atoms with Crippen LogP contribution in [0.4, 0.5) is 0 Å². The van der Waals surface area contributed by atoms with Gasteiger partial charge in [-0.2, -0.15) is 0 Å². The second-order valence-electron chi connectivity index (χ2n) is 4.65. The fourth-order valence-electron chi connectivity index (χ4n) is 2.07. The molecule has 1 atom stereocenters. The Morgan fingerprint density at radius 3 is 3.06 bits per heavy atom. The number of aryl methyl sites for hydroxylation is 1. The minimum atomic E-state index is -0.307. The highest BCUT2D eigenvalue weighted by molar-refractivity contribution is 7.18. The first-order valence-electron chi connectivity index (χ1n) is 5.77. The molecule has 1 saturated carbocycles. The molecule has 0 amide bonds. The van der Waals surface area contributed by atoms with E-state index in [2.05, 4.69) is 11.1 Å². The molecule has 0 saturated heterocycles. The van der Waals surface area contributed by atoms with Crippen molar-refractivity contribution < 1.29 is 5.11 Å². The van der Waals surface area contributed by atoms with Crippen LogP contribution in [0.25, 0.3) is 10.2 Å². The molecule has 1 aliphatic rings. The third-order valence-corrected chi connectivity index (χ3v) is 4.11. The molecular weight excluding hydrogens is 218 g/mol. The molecule has 1 aromatic heterocycles. The Morgan fingerprint density at radius 1 is 1.50 bits per heavy atom. The SMILES string of the molecule is Cc1nc2cc(C(O)CC3CC3)ccc2s1. The summed E-state index contributed by atoms with van der Waals surface area (Å²) in [5, 5.41) is 11.2. The fraction of sp³-hybridized carbons (Fsp3) is 0.462. The van der Waals surface area contributed by atoms with Gasteiger partial charge in [-0.1, -0.05) is 18.9 Å². The summed E-state index contributed by atoms with van der Waals surface area (Å²) in [5.41, 5.74) is 2.04. The van der Waals surface area contributed by atoms with Gasteiger partial charge < -0.3 is 5.11 Å². The summed E-state index contributed by atoms with van der Waals surface area (Å²) in [6.45, 7) is 2.02. The second kappa shape index (κ2) is 3.82. The van der Waals surface area contributed by atoms with Gasteiger partial charge in [0, 0.05) is 0 Å². The predicted molar refractivity (Wildman–Crippen MR) is 66.7 cm³/mol. The lowest BCUT2D eigenvalue weighted by Gasteiger charge is -2.09. The maximum atomic E-state index is 10.1. The summed E-state index contributed by atoms with van der Waals surface area (Å²) in [5.74, 6) is 0.753. The molecule has 0 aliphatic heterocycles. The molecule has 0 bridgehead atoms. The first-order valence-corrected chi connectivity index (χ1v) is 6.59. The van der Waals surface area contributed by atoms with Crippen LogP contribution in [0.1, 0.15) is 35.9 Å². The third kappa shape index (κ3) is 1.97. The Hall–Kier alpha value is -0.930. The summed E-state index contributed by atoms with van der Waals surface area (Å²) in [6, 6.07) is 6.14. The quantitative estimate of drug-likeness (QED) is 0.881. The molecule has 2 nitrogen and oxygen atoms in total. The standard InChI is InChI=1S/C13H15NOS/c1-8-14-11-7-10(4-5-13(11)16-8)12(15)6-9-2-3-9/h4-5,7,9,12,15H,2-3,6H2,1H3. The molecule has 0 spiro atoms. The Labute approximate surface area is 99.0 Å². The number of fused-ring (bicyclic) bond motifs is 1. The van der Waals surface area contributed by atoms with Crippen molar-refractivity contribution in [3.8, 4) is 0 Å². The zero-order chi connectivity index (χ0) is 11.1. The number of rotatable bonds is 3. The lowest BCUT2D eigenvalue weighted by atomic mass is 10.0. The molecule has 1 aliphatic carbocycles. The average Bonchev–Trinajstić information content (AvgIpc) is 2.96. The summed E-state index contributed by atoms with van der Waals surface area (Å²) in [7, 11) is 0. The fourth-order valence-corrected chi connectivity index (χ4v) is 2.88. The van der Waals surface area contributed by atoms with Gasteiger partial charge in [0.25, 0.3) is 0 Å². The van der Waals surface area contributed by atoms with Crippen molar-refractivity contribution in [2.45, 2.75) is 32.3 Å². The van der Waals surface area contributed by atoms with Crippen molar-refractivity contribution in [3.05, 3.63) is 28.8 Å². The number of nitrogens with zero attached hydrogens (tertiary/aromatic N) is 1. The van der Waals surface area contributed by atoms with Crippen LogP contribution in [0.5, 0.6) is 0 Å². The zero-order valence-electron chi connectivity index (χ0n) is 9.31. The highest BCUT2D eigenvalue weighted by Gasteiger charge is 2.25. The second-order valence-corrected chi connectivity index (χ2v) is 5.89. The van der Waals surface area contributed by atoms with E-state index < -0.39 is 0 Å². The van der Waals surface area contributed by atoms with E-state index in [1.54, 1.807) is 11.3 Å². The minimum absolute atomic E-state index is 0.307. The van der Waals surface area contributed by atoms with Crippen molar-refractivity contribution in [3.63, 3.8) is 0 Å². The van der Waals surface area contributed by atoms with Gasteiger partial charge in [0.15, 0.2) is 0 Å². The van der Waals surface area contributed by atoms with E-state index in [1.165, 1.54) is 17.5 Å². The number of aromatic nitrogens is 1. The molecule has 2 aromatic rings. The third-order valence-electron chi connectivity index (χ3n) is 3.16. The van der Waals surface area contributed by atoms with Gasteiger partial charge in [0.1, 0.15) is 0 Å². The molecule has 1 heterocycles. The number of aliphatic hydroxyl groups is 1. The van der Waals surface area contributed by atoms with Gasteiger partial charge in [-0.15, -0.1) is 11.3 Å². The van der Waals surface area contributed by atoms with Crippen molar-refractivity contribution in [1.29, 1.82) is 0 Å². The summed E-state index contributed by atoms with van der Waals surface area (Å²) >= 11 is 1.71. The Balaban J connectivity index is 1.90. The number of aliphatic hydroxyl groups excluding tert-OH is 1. The Morgan fingerprint density at radius 2 is 2.31 bits per heavy atom. The van der Waals surface area contributed by atoms with Crippen LogP contribution < -0.4 is 0 Å². The van der Waals surface area contributed by atoms with Gasteiger partial charge in [-0.05, 0) is 37.0 Å². The predicted octanol–water partition coefficient (Wildman–Crippen LogP) is 3.44. The zero-order valence-corrected chi connectivity index (χ0v) is 10.1. The van der Waals surface area contributed by atoms with Crippen molar-refractivity contribution >= 4 is 21.6 Å². The van der Waals surface area contributed by atoms with E-state index >= 15 is 0 Å². The largest absolute Gasteiger partial charge is 0.388 e. The van der Waals surface area contributed by atoms with E-state index in [0.717, 1.165) is 28.4 Å². The molecule has 1 unspecified atom stereocenters. The van der Waals surface area contributed by atoms with E-state index in [0.29, 0.717) is 0 Å². The van der Waals surface area contributed by atoms with Crippen molar-refractivity contribution in [2.75, 3.05) is 0 Å². The lowest BCUT2D eigenvalue weighted by Crippen LogP contribution is -1.98. The first kappa shape index (κ1) is 10.2. The van der Waals surface area contributed by atoms with Gasteiger partial charge in [-0.3, -0.25) is 0 Å². The number of hydrogen-bond donors (Lipinski definition) is 1. The van der Waals surface area contributed by atoms with Crippen molar-refractivity contribution in [2.24, 2.45) is 5.92 Å². The highest BCUT2D eigenvalue weighted by Crippen LogP contribution is 2.38. The first-order chi connectivity index (χ1) is 7.72. The summed E-state index contributed by atoms with van der Waals surface area (Å²) < 4.78 is 1.21. The normalized spacial score (nSPS) is 17.9. The molecule has 3 rings (SSSR count). The van der Waals surface area contributed by atoms with Crippen LogP contribution in [0.15, 0.2) is 18.2 Å². The average molecular weight is 233 g/mol. The van der Waals surface area contributed by atoms with E-state index in [-0.39, 0.29) is 6.10 Å². The highest BCUT2D eigenvalue weighted by atomic mass is 32.1. The maximum Gasteiger partial charge on any atom is 0.0907 e. The summed E-state index contributed by atoms with van der Waals surface area (Å²) in [6.07, 6.45) is 3.18. The van der Waals surface area contributed by atoms with Crippen LogP contribution in [-0.2, 0) is 0 Å². The van der Waals surface area contributed by atoms with E-state index in [9.17, 15) is 5.11 Å². The monoisotopic (exact) mass is 233 g/mol. The molecule has 3 heteroatoms. The number of hydrogen-bond acceptors (Lipinski definition) is 3. The van der Waals surface area contributed by atoms with Gasteiger partial charge in [-0.25, -0.2) is 4.98 Å².